The minimum absolute atomic E-state index is 0.162. The number of sulfonamides is 1. The largest absolute Gasteiger partial charge is 0.385 e. The van der Waals surface area contributed by atoms with E-state index < -0.39 is 15.8 Å². The SMILES string of the molecule is O=C1C(=CNCc2cccs2)S(=O)(=O)N(Cc2ccccc2)c2ccccc21. The summed E-state index contributed by atoms with van der Waals surface area (Å²) in [5, 5.41) is 4.93. The second-order valence-corrected chi connectivity index (χ2v) is 9.18. The maximum absolute atomic E-state index is 13.3. The first-order chi connectivity index (χ1) is 13.6. The van der Waals surface area contributed by atoms with Crippen LogP contribution in [0.25, 0.3) is 0 Å². The van der Waals surface area contributed by atoms with Crippen LogP contribution >= 0.6 is 11.3 Å². The van der Waals surface area contributed by atoms with Crippen LogP contribution in [0.4, 0.5) is 5.69 Å². The molecule has 1 aliphatic rings. The highest BCUT2D eigenvalue weighted by molar-refractivity contribution is 7.97. The lowest BCUT2D eigenvalue weighted by Gasteiger charge is -2.31. The highest BCUT2D eigenvalue weighted by Gasteiger charge is 2.39. The number of nitrogens with zero attached hydrogens (tertiary/aromatic N) is 1. The van der Waals surface area contributed by atoms with Gasteiger partial charge >= 0.3 is 0 Å². The maximum atomic E-state index is 13.3. The standard InChI is InChI=1S/C21H18N2O3S2/c24-21-18-10-4-5-11-19(18)23(15-16-7-2-1-3-8-16)28(25,26)20(21)14-22-13-17-9-6-12-27-17/h1-12,14,22H,13,15H2. The summed E-state index contributed by atoms with van der Waals surface area (Å²) in [6, 6.07) is 20.0. The number of rotatable bonds is 5. The van der Waals surface area contributed by atoms with E-state index in [1.54, 1.807) is 35.6 Å². The Hall–Kier alpha value is -2.90. The Balaban J connectivity index is 1.73. The fourth-order valence-electron chi connectivity index (χ4n) is 3.10. The lowest BCUT2D eigenvalue weighted by atomic mass is 10.1. The number of benzene rings is 2. The topological polar surface area (TPSA) is 66.5 Å². The van der Waals surface area contributed by atoms with Gasteiger partial charge in [0.15, 0.2) is 4.91 Å². The van der Waals surface area contributed by atoms with E-state index in [2.05, 4.69) is 5.32 Å². The molecule has 0 radical (unpaired) electrons. The predicted octanol–water partition coefficient (Wildman–Crippen LogP) is 3.91. The van der Waals surface area contributed by atoms with Crippen molar-refractivity contribution < 1.29 is 13.2 Å². The third kappa shape index (κ3) is 3.46. The molecule has 0 fully saturated rings. The van der Waals surface area contributed by atoms with E-state index in [0.717, 1.165) is 10.4 Å². The number of ketones is 1. The summed E-state index contributed by atoms with van der Waals surface area (Å²) >= 11 is 1.56. The molecule has 0 amide bonds. The number of allylic oxidation sites excluding steroid dienone is 1. The summed E-state index contributed by atoms with van der Waals surface area (Å²) in [4.78, 5) is 13.7. The smallest absolute Gasteiger partial charge is 0.270 e. The molecule has 0 spiro atoms. The normalized spacial score (nSPS) is 16.8. The van der Waals surface area contributed by atoms with Crippen molar-refractivity contribution in [2.75, 3.05) is 4.31 Å². The van der Waals surface area contributed by atoms with E-state index in [-0.39, 0.29) is 11.4 Å². The fourth-order valence-corrected chi connectivity index (χ4v) is 5.30. The summed E-state index contributed by atoms with van der Waals surface area (Å²) in [6.07, 6.45) is 1.32. The van der Waals surface area contributed by atoms with Crippen LogP contribution in [0, 0.1) is 0 Å². The van der Waals surface area contributed by atoms with Gasteiger partial charge < -0.3 is 5.32 Å². The highest BCUT2D eigenvalue weighted by Crippen LogP contribution is 2.35. The van der Waals surface area contributed by atoms with Crippen molar-refractivity contribution in [3.05, 3.63) is 99.2 Å². The number of para-hydroxylation sites is 1. The van der Waals surface area contributed by atoms with Crippen LogP contribution in [0.1, 0.15) is 20.8 Å². The summed E-state index contributed by atoms with van der Waals surface area (Å²) in [5.74, 6) is -0.487. The van der Waals surface area contributed by atoms with Crippen molar-refractivity contribution >= 4 is 32.8 Å². The third-order valence-corrected chi connectivity index (χ3v) is 7.11. The molecule has 0 unspecified atom stereocenters. The van der Waals surface area contributed by atoms with Gasteiger partial charge in [-0.05, 0) is 29.1 Å². The number of Topliss-reactive ketones (excluding diaryl/α,β-unsaturated/α-hetero) is 1. The molecular formula is C21H18N2O3S2. The van der Waals surface area contributed by atoms with E-state index in [1.165, 1.54) is 10.5 Å². The van der Waals surface area contributed by atoms with Crippen LogP contribution in [-0.4, -0.2) is 14.2 Å². The molecule has 0 saturated heterocycles. The van der Waals surface area contributed by atoms with E-state index in [4.69, 9.17) is 0 Å². The lowest BCUT2D eigenvalue weighted by molar-refractivity contribution is 0.104. The van der Waals surface area contributed by atoms with Gasteiger partial charge in [0, 0.05) is 23.2 Å². The van der Waals surface area contributed by atoms with Gasteiger partial charge in [-0.2, -0.15) is 0 Å². The van der Waals surface area contributed by atoms with Crippen LogP contribution in [0.15, 0.2) is 83.2 Å². The molecule has 0 bridgehead atoms. The van der Waals surface area contributed by atoms with Gasteiger partial charge in [0.1, 0.15) is 0 Å². The number of carbonyl (C=O) groups excluding carboxylic acids is 1. The number of thiophene rings is 1. The summed E-state index contributed by atoms with van der Waals surface area (Å²) in [7, 11) is -3.98. The Morgan fingerprint density at radius 2 is 1.71 bits per heavy atom. The van der Waals surface area contributed by atoms with E-state index in [1.807, 2.05) is 47.8 Å². The zero-order valence-electron chi connectivity index (χ0n) is 14.9. The van der Waals surface area contributed by atoms with Crippen molar-refractivity contribution in [2.45, 2.75) is 13.1 Å². The molecule has 4 rings (SSSR count). The van der Waals surface area contributed by atoms with Crippen LogP contribution in [0.3, 0.4) is 0 Å². The molecule has 2 heterocycles. The average Bonchev–Trinajstić information content (AvgIpc) is 3.22. The summed E-state index contributed by atoms with van der Waals surface area (Å²) in [6.45, 7) is 0.625. The molecule has 7 heteroatoms. The van der Waals surface area contributed by atoms with E-state index in [9.17, 15) is 13.2 Å². The molecule has 1 aliphatic heterocycles. The molecule has 142 valence electrons. The first-order valence-corrected chi connectivity index (χ1v) is 11.1. The minimum atomic E-state index is -3.98. The Kier molecular flexibility index (Phi) is 5.02. The van der Waals surface area contributed by atoms with Crippen molar-refractivity contribution in [3.63, 3.8) is 0 Å². The van der Waals surface area contributed by atoms with Gasteiger partial charge in [-0.15, -0.1) is 11.3 Å². The number of hydrogen-bond acceptors (Lipinski definition) is 5. The van der Waals surface area contributed by atoms with Gasteiger partial charge in [-0.3, -0.25) is 9.10 Å². The Bertz CT molecular complexity index is 1120. The van der Waals surface area contributed by atoms with Crippen LogP contribution in [0.2, 0.25) is 0 Å². The molecular weight excluding hydrogens is 392 g/mol. The molecule has 28 heavy (non-hydrogen) atoms. The molecule has 0 saturated carbocycles. The van der Waals surface area contributed by atoms with Crippen molar-refractivity contribution in [1.29, 1.82) is 0 Å². The number of hydrogen-bond donors (Lipinski definition) is 1. The Morgan fingerprint density at radius 3 is 2.46 bits per heavy atom. The first-order valence-electron chi connectivity index (χ1n) is 8.74. The third-order valence-electron chi connectivity index (χ3n) is 4.47. The zero-order chi connectivity index (χ0) is 19.6. The summed E-state index contributed by atoms with van der Waals surface area (Å²) < 4.78 is 27.9. The van der Waals surface area contributed by atoms with Gasteiger partial charge in [0.2, 0.25) is 5.78 Å². The molecule has 0 atom stereocenters. The summed E-state index contributed by atoms with van der Waals surface area (Å²) in [5.41, 5.74) is 1.64. The maximum Gasteiger partial charge on any atom is 0.270 e. The van der Waals surface area contributed by atoms with Crippen LogP contribution in [-0.2, 0) is 23.1 Å². The van der Waals surface area contributed by atoms with Gasteiger partial charge in [0.25, 0.3) is 10.0 Å². The molecule has 1 aromatic heterocycles. The fraction of sp³-hybridized carbons (Fsp3) is 0.0952. The predicted molar refractivity (Wildman–Crippen MR) is 112 cm³/mol. The first kappa shape index (κ1) is 18.5. The second-order valence-electron chi connectivity index (χ2n) is 6.31. The van der Waals surface area contributed by atoms with Crippen molar-refractivity contribution in [3.8, 4) is 0 Å². The van der Waals surface area contributed by atoms with Gasteiger partial charge in [-0.1, -0.05) is 48.5 Å². The molecule has 0 aliphatic carbocycles. The van der Waals surface area contributed by atoms with E-state index >= 15 is 0 Å². The minimum Gasteiger partial charge on any atom is -0.385 e. The average molecular weight is 411 g/mol. The molecule has 2 aromatic carbocycles. The quantitative estimate of drug-likeness (QED) is 0.648. The van der Waals surface area contributed by atoms with Crippen molar-refractivity contribution in [2.24, 2.45) is 0 Å². The van der Waals surface area contributed by atoms with Gasteiger partial charge in [-0.25, -0.2) is 8.42 Å². The number of fused-ring (bicyclic) bond motifs is 1. The highest BCUT2D eigenvalue weighted by atomic mass is 32.2. The van der Waals surface area contributed by atoms with Gasteiger partial charge in [0.05, 0.1) is 12.2 Å². The Labute approximate surface area is 168 Å². The van der Waals surface area contributed by atoms with E-state index in [0.29, 0.717) is 17.8 Å². The lowest BCUT2D eigenvalue weighted by Crippen LogP contribution is -2.39. The molecule has 1 N–H and O–H groups in total. The van der Waals surface area contributed by atoms with Crippen LogP contribution < -0.4 is 9.62 Å². The number of anilines is 1. The van der Waals surface area contributed by atoms with Crippen LogP contribution in [0.5, 0.6) is 0 Å². The van der Waals surface area contributed by atoms with Crippen molar-refractivity contribution in [1.82, 2.24) is 5.32 Å². The molecule has 5 nitrogen and oxygen atoms in total. The molecule has 3 aromatic rings. The Morgan fingerprint density at radius 1 is 0.964 bits per heavy atom. The number of carbonyl (C=O) groups is 1. The second kappa shape index (κ2) is 7.61. The number of nitrogens with one attached hydrogen (secondary N) is 1. The monoisotopic (exact) mass is 410 g/mol. The zero-order valence-corrected chi connectivity index (χ0v) is 16.5.